The number of hydrogen-bond acceptors (Lipinski definition) is 5. The fourth-order valence-corrected chi connectivity index (χ4v) is 1.82. The average molecular weight is 318 g/mol. The summed E-state index contributed by atoms with van der Waals surface area (Å²) >= 11 is 0. The molecule has 1 amide bonds. The molecule has 6 nitrogen and oxygen atoms in total. The zero-order valence-corrected chi connectivity index (χ0v) is 13.7. The van der Waals surface area contributed by atoms with E-state index in [9.17, 15) is 9.59 Å². The van der Waals surface area contributed by atoms with Crippen LogP contribution in [0.3, 0.4) is 0 Å². The van der Waals surface area contributed by atoms with Gasteiger partial charge in [-0.2, -0.15) is 5.26 Å². The molecule has 1 N–H and O–H groups in total. The van der Waals surface area contributed by atoms with Gasteiger partial charge in [-0.3, -0.25) is 9.59 Å². The Morgan fingerprint density at radius 2 is 2.09 bits per heavy atom. The van der Waals surface area contributed by atoms with E-state index < -0.39 is 0 Å². The number of rotatable bonds is 9. The number of carbonyl (C=O) groups excluding carboxylic acids is 2. The van der Waals surface area contributed by atoms with Crippen molar-refractivity contribution in [3.05, 3.63) is 23.8 Å². The highest BCUT2D eigenvalue weighted by Crippen LogP contribution is 2.28. The van der Waals surface area contributed by atoms with Gasteiger partial charge in [0.15, 0.2) is 17.3 Å². The number of nitrogens with one attached hydrogen (secondary N) is 1. The SMILES string of the molecule is COc1cc(C(C)=O)ccc1OCCCC(=O)NCC(C)C#N. The van der Waals surface area contributed by atoms with E-state index in [0.717, 1.165) is 0 Å². The topological polar surface area (TPSA) is 88.4 Å². The van der Waals surface area contributed by atoms with Gasteiger partial charge >= 0.3 is 0 Å². The van der Waals surface area contributed by atoms with Gasteiger partial charge in [-0.05, 0) is 38.5 Å². The van der Waals surface area contributed by atoms with Gasteiger partial charge in [0.05, 0.1) is 25.7 Å². The number of carbonyl (C=O) groups is 2. The number of Topliss-reactive ketones (excluding diaryl/α,β-unsaturated/α-hetero) is 1. The van der Waals surface area contributed by atoms with E-state index in [0.29, 0.717) is 43.1 Å². The third-order valence-electron chi connectivity index (χ3n) is 3.20. The molecule has 0 heterocycles. The highest BCUT2D eigenvalue weighted by molar-refractivity contribution is 5.94. The quantitative estimate of drug-likeness (QED) is 0.557. The summed E-state index contributed by atoms with van der Waals surface area (Å²) in [6.45, 7) is 3.95. The lowest BCUT2D eigenvalue weighted by Crippen LogP contribution is -2.27. The molecule has 1 atom stereocenters. The van der Waals surface area contributed by atoms with Crippen LogP contribution in [0.4, 0.5) is 0 Å². The van der Waals surface area contributed by atoms with Gasteiger partial charge < -0.3 is 14.8 Å². The molecule has 6 heteroatoms. The molecule has 0 aliphatic carbocycles. The van der Waals surface area contributed by atoms with Gasteiger partial charge in [0, 0.05) is 18.5 Å². The zero-order chi connectivity index (χ0) is 17.2. The lowest BCUT2D eigenvalue weighted by molar-refractivity contribution is -0.121. The Hall–Kier alpha value is -2.55. The minimum atomic E-state index is -0.195. The first-order valence-corrected chi connectivity index (χ1v) is 7.46. The van der Waals surface area contributed by atoms with Gasteiger partial charge in [-0.25, -0.2) is 0 Å². The highest BCUT2D eigenvalue weighted by atomic mass is 16.5. The summed E-state index contributed by atoms with van der Waals surface area (Å²) in [7, 11) is 1.51. The summed E-state index contributed by atoms with van der Waals surface area (Å²) in [5.41, 5.74) is 0.556. The molecule has 0 radical (unpaired) electrons. The predicted molar refractivity (Wildman–Crippen MR) is 85.5 cm³/mol. The Balaban J connectivity index is 2.40. The number of benzene rings is 1. The number of amides is 1. The first-order valence-electron chi connectivity index (χ1n) is 7.46. The third kappa shape index (κ3) is 6.39. The van der Waals surface area contributed by atoms with Crippen molar-refractivity contribution < 1.29 is 19.1 Å². The van der Waals surface area contributed by atoms with Crippen LogP contribution in [-0.2, 0) is 4.79 Å². The summed E-state index contributed by atoms with van der Waals surface area (Å²) in [4.78, 5) is 22.9. The monoisotopic (exact) mass is 318 g/mol. The smallest absolute Gasteiger partial charge is 0.220 e. The molecule has 0 saturated carbocycles. The van der Waals surface area contributed by atoms with Crippen LogP contribution in [-0.4, -0.2) is 32.0 Å². The van der Waals surface area contributed by atoms with E-state index in [4.69, 9.17) is 14.7 Å². The molecule has 1 aromatic rings. The maximum Gasteiger partial charge on any atom is 0.220 e. The first-order chi connectivity index (χ1) is 11.0. The molecule has 0 aromatic heterocycles. The summed E-state index contributed by atoms with van der Waals surface area (Å²) in [5.74, 6) is 0.688. The van der Waals surface area contributed by atoms with E-state index in [1.807, 2.05) is 0 Å². The number of hydrogen-bond donors (Lipinski definition) is 1. The number of nitrogens with zero attached hydrogens (tertiary/aromatic N) is 1. The van der Waals surface area contributed by atoms with Gasteiger partial charge in [-0.15, -0.1) is 0 Å². The standard InChI is InChI=1S/C17H22N2O4/c1-12(10-18)11-19-17(21)5-4-8-23-15-7-6-14(13(2)20)9-16(15)22-3/h6-7,9,12H,4-5,8,11H2,1-3H3,(H,19,21). The van der Waals surface area contributed by atoms with Gasteiger partial charge in [0.25, 0.3) is 0 Å². The third-order valence-corrected chi connectivity index (χ3v) is 3.20. The molecule has 0 aliphatic rings. The number of ketones is 1. The van der Waals surface area contributed by atoms with Crippen molar-refractivity contribution in [2.75, 3.05) is 20.3 Å². The maximum absolute atomic E-state index is 11.6. The summed E-state index contributed by atoms with van der Waals surface area (Å²) in [6, 6.07) is 7.05. The second kappa shape index (κ2) is 9.46. The van der Waals surface area contributed by atoms with Crippen LogP contribution in [0.2, 0.25) is 0 Å². The molecule has 0 fully saturated rings. The molecule has 1 unspecified atom stereocenters. The lowest BCUT2D eigenvalue weighted by atomic mass is 10.1. The maximum atomic E-state index is 11.6. The minimum absolute atomic E-state index is 0.0434. The Kier molecular flexibility index (Phi) is 7.61. The van der Waals surface area contributed by atoms with Crippen molar-refractivity contribution in [3.63, 3.8) is 0 Å². The van der Waals surface area contributed by atoms with Crippen LogP contribution < -0.4 is 14.8 Å². The minimum Gasteiger partial charge on any atom is -0.493 e. The van der Waals surface area contributed by atoms with E-state index in [-0.39, 0.29) is 17.6 Å². The fraction of sp³-hybridized carbons (Fsp3) is 0.471. The molecular formula is C17H22N2O4. The molecule has 0 bridgehead atoms. The van der Waals surface area contributed by atoms with E-state index in [1.54, 1.807) is 25.1 Å². The van der Waals surface area contributed by atoms with E-state index in [2.05, 4.69) is 11.4 Å². The molecular weight excluding hydrogens is 296 g/mol. The molecule has 0 aliphatic heterocycles. The summed E-state index contributed by atoms with van der Waals surface area (Å²) in [5, 5.41) is 11.3. The largest absolute Gasteiger partial charge is 0.493 e. The van der Waals surface area contributed by atoms with Crippen molar-refractivity contribution in [1.82, 2.24) is 5.32 Å². The van der Waals surface area contributed by atoms with E-state index in [1.165, 1.54) is 14.0 Å². The van der Waals surface area contributed by atoms with Crippen LogP contribution in [0.5, 0.6) is 11.5 Å². The predicted octanol–water partition coefficient (Wildman–Crippen LogP) is 2.33. The number of ether oxygens (including phenoxy) is 2. The molecule has 124 valence electrons. The van der Waals surface area contributed by atoms with Crippen molar-refractivity contribution >= 4 is 11.7 Å². The van der Waals surface area contributed by atoms with Gasteiger partial charge in [-0.1, -0.05) is 0 Å². The summed E-state index contributed by atoms with van der Waals surface area (Å²) < 4.78 is 10.8. The Morgan fingerprint density at radius 1 is 1.35 bits per heavy atom. The molecule has 0 saturated heterocycles. The van der Waals surface area contributed by atoms with Gasteiger partial charge in [0.1, 0.15) is 0 Å². The Labute approximate surface area is 136 Å². The second-order valence-corrected chi connectivity index (χ2v) is 5.21. The van der Waals surface area contributed by atoms with Crippen molar-refractivity contribution in [2.24, 2.45) is 5.92 Å². The summed E-state index contributed by atoms with van der Waals surface area (Å²) in [6.07, 6.45) is 0.871. The second-order valence-electron chi connectivity index (χ2n) is 5.21. The van der Waals surface area contributed by atoms with Crippen LogP contribution in [0.1, 0.15) is 37.0 Å². The fourth-order valence-electron chi connectivity index (χ4n) is 1.82. The molecule has 1 rings (SSSR count). The van der Waals surface area contributed by atoms with Crippen LogP contribution in [0.25, 0.3) is 0 Å². The number of methoxy groups -OCH3 is 1. The molecule has 1 aromatic carbocycles. The highest BCUT2D eigenvalue weighted by Gasteiger charge is 2.09. The van der Waals surface area contributed by atoms with Gasteiger partial charge in [0.2, 0.25) is 5.91 Å². The first kappa shape index (κ1) is 18.5. The lowest BCUT2D eigenvalue weighted by Gasteiger charge is -2.11. The molecule has 0 spiro atoms. The van der Waals surface area contributed by atoms with Crippen LogP contribution >= 0.6 is 0 Å². The average Bonchev–Trinajstić information content (AvgIpc) is 2.56. The van der Waals surface area contributed by atoms with E-state index >= 15 is 0 Å². The van der Waals surface area contributed by atoms with Crippen LogP contribution in [0.15, 0.2) is 18.2 Å². The van der Waals surface area contributed by atoms with Crippen molar-refractivity contribution in [3.8, 4) is 17.6 Å². The normalized spacial score (nSPS) is 11.2. The van der Waals surface area contributed by atoms with Crippen LogP contribution in [0, 0.1) is 17.2 Å². The zero-order valence-electron chi connectivity index (χ0n) is 13.7. The van der Waals surface area contributed by atoms with Crippen molar-refractivity contribution in [2.45, 2.75) is 26.7 Å². The Bertz CT molecular complexity index is 593. The van der Waals surface area contributed by atoms with Crippen molar-refractivity contribution in [1.29, 1.82) is 5.26 Å². The Morgan fingerprint density at radius 3 is 2.70 bits per heavy atom. The number of nitriles is 1. The molecule has 23 heavy (non-hydrogen) atoms.